The maximum Gasteiger partial charge on any atom is 0.228 e. The van der Waals surface area contributed by atoms with E-state index in [4.69, 9.17) is 0 Å². The smallest absolute Gasteiger partial charge is 0.228 e. The van der Waals surface area contributed by atoms with Gasteiger partial charge in [-0.2, -0.15) is 0 Å². The monoisotopic (exact) mass is 392 g/mol. The molecule has 2 saturated heterocycles. The zero-order valence-corrected chi connectivity index (χ0v) is 18.2. The SMILES string of the molecule is Cc1ccc(C23CC4CC(CC(C(=O)N5CCC6(CCN6)CC5)(C4)C2)C3)cc1C. The van der Waals surface area contributed by atoms with Crippen molar-refractivity contribution in [3.05, 3.63) is 34.9 Å². The highest BCUT2D eigenvalue weighted by Gasteiger charge is 2.61. The molecule has 3 heteroatoms. The normalized spacial score (nSPS) is 39.6. The lowest BCUT2D eigenvalue weighted by atomic mass is 9.42. The van der Waals surface area contributed by atoms with Gasteiger partial charge in [0.05, 0.1) is 5.41 Å². The zero-order chi connectivity index (χ0) is 19.9. The van der Waals surface area contributed by atoms with Crippen LogP contribution in [0.4, 0.5) is 0 Å². The van der Waals surface area contributed by atoms with E-state index in [1.807, 2.05) is 0 Å². The van der Waals surface area contributed by atoms with Crippen LogP contribution in [0.1, 0.15) is 74.5 Å². The molecule has 3 nitrogen and oxygen atoms in total. The quantitative estimate of drug-likeness (QED) is 0.804. The van der Waals surface area contributed by atoms with Crippen molar-refractivity contribution in [1.29, 1.82) is 0 Å². The van der Waals surface area contributed by atoms with E-state index in [0.717, 1.165) is 57.0 Å². The number of amides is 1. The van der Waals surface area contributed by atoms with Crippen LogP contribution >= 0.6 is 0 Å². The van der Waals surface area contributed by atoms with E-state index < -0.39 is 0 Å². The summed E-state index contributed by atoms with van der Waals surface area (Å²) in [6, 6.07) is 7.15. The van der Waals surface area contributed by atoms with E-state index in [-0.39, 0.29) is 10.8 Å². The van der Waals surface area contributed by atoms with Gasteiger partial charge in [0.2, 0.25) is 5.91 Å². The average molecular weight is 393 g/mol. The van der Waals surface area contributed by atoms with Crippen LogP contribution < -0.4 is 5.32 Å². The van der Waals surface area contributed by atoms with Crippen molar-refractivity contribution in [2.75, 3.05) is 19.6 Å². The first kappa shape index (κ1) is 18.4. The maximum atomic E-state index is 14.0. The molecule has 0 aromatic heterocycles. The van der Waals surface area contributed by atoms with Crippen molar-refractivity contribution in [1.82, 2.24) is 10.2 Å². The first-order valence-electron chi connectivity index (χ1n) is 12.0. The molecular weight excluding hydrogens is 356 g/mol. The zero-order valence-electron chi connectivity index (χ0n) is 18.2. The summed E-state index contributed by atoms with van der Waals surface area (Å²) in [5.41, 5.74) is 4.89. The van der Waals surface area contributed by atoms with Gasteiger partial charge in [0.15, 0.2) is 0 Å². The number of piperidine rings is 1. The summed E-state index contributed by atoms with van der Waals surface area (Å²) in [6.07, 6.45) is 11.0. The second kappa shape index (κ2) is 6.09. The third-order valence-electron chi connectivity index (χ3n) is 9.75. The van der Waals surface area contributed by atoms with Gasteiger partial charge in [0.1, 0.15) is 0 Å². The Morgan fingerprint density at radius 3 is 2.28 bits per heavy atom. The number of aryl methyl sites for hydroxylation is 2. The molecule has 7 rings (SSSR count). The molecule has 156 valence electrons. The molecule has 4 bridgehead atoms. The summed E-state index contributed by atoms with van der Waals surface area (Å²) in [4.78, 5) is 16.2. The van der Waals surface area contributed by atoms with Crippen molar-refractivity contribution in [2.45, 2.75) is 82.6 Å². The van der Waals surface area contributed by atoms with Gasteiger partial charge in [0.25, 0.3) is 0 Å². The highest BCUT2D eigenvalue weighted by molar-refractivity contribution is 5.84. The lowest BCUT2D eigenvalue weighted by Gasteiger charge is -2.62. The molecule has 2 aliphatic heterocycles. The minimum absolute atomic E-state index is 0.0690. The molecule has 2 atom stereocenters. The fraction of sp³-hybridized carbons (Fsp3) is 0.731. The van der Waals surface area contributed by atoms with Gasteiger partial charge in [-0.05, 0) is 112 Å². The summed E-state index contributed by atoms with van der Waals surface area (Å²) in [7, 11) is 0. The summed E-state index contributed by atoms with van der Waals surface area (Å²) >= 11 is 0. The van der Waals surface area contributed by atoms with Gasteiger partial charge in [-0.25, -0.2) is 0 Å². The van der Waals surface area contributed by atoms with Gasteiger partial charge in [-0.1, -0.05) is 18.2 Å². The predicted molar refractivity (Wildman–Crippen MR) is 116 cm³/mol. The van der Waals surface area contributed by atoms with Crippen molar-refractivity contribution >= 4 is 5.91 Å². The first-order chi connectivity index (χ1) is 13.9. The lowest BCUT2D eigenvalue weighted by Crippen LogP contribution is -2.65. The summed E-state index contributed by atoms with van der Waals surface area (Å²) in [5.74, 6) is 2.03. The van der Waals surface area contributed by atoms with Crippen molar-refractivity contribution in [3.8, 4) is 0 Å². The molecule has 1 N–H and O–H groups in total. The molecule has 6 fully saturated rings. The molecule has 6 aliphatic rings. The Bertz CT molecular complexity index is 830. The Labute approximate surface area is 175 Å². The molecule has 1 aromatic rings. The van der Waals surface area contributed by atoms with Crippen molar-refractivity contribution in [2.24, 2.45) is 17.3 Å². The number of benzene rings is 1. The van der Waals surface area contributed by atoms with Crippen LogP contribution in [0.5, 0.6) is 0 Å². The van der Waals surface area contributed by atoms with Crippen LogP contribution in [0.2, 0.25) is 0 Å². The van der Waals surface area contributed by atoms with Gasteiger partial charge in [-0.15, -0.1) is 0 Å². The summed E-state index contributed by atoms with van der Waals surface area (Å²) in [5, 5.41) is 3.66. The molecule has 1 spiro atoms. The van der Waals surface area contributed by atoms with Crippen LogP contribution in [-0.2, 0) is 10.2 Å². The largest absolute Gasteiger partial charge is 0.342 e. The Balaban J connectivity index is 1.29. The molecule has 2 heterocycles. The van der Waals surface area contributed by atoms with Gasteiger partial charge in [0, 0.05) is 18.6 Å². The van der Waals surface area contributed by atoms with Gasteiger partial charge < -0.3 is 10.2 Å². The molecule has 4 saturated carbocycles. The average Bonchev–Trinajstić information content (AvgIpc) is 2.67. The molecular formula is C26H36N2O. The van der Waals surface area contributed by atoms with E-state index in [0.29, 0.717) is 11.4 Å². The van der Waals surface area contributed by atoms with Crippen LogP contribution in [0.15, 0.2) is 18.2 Å². The van der Waals surface area contributed by atoms with Gasteiger partial charge >= 0.3 is 0 Å². The van der Waals surface area contributed by atoms with Crippen LogP contribution in [0.25, 0.3) is 0 Å². The van der Waals surface area contributed by atoms with Gasteiger partial charge in [-0.3, -0.25) is 4.79 Å². The molecule has 4 aliphatic carbocycles. The van der Waals surface area contributed by atoms with Crippen LogP contribution in [-0.4, -0.2) is 36.0 Å². The highest BCUT2D eigenvalue weighted by Crippen LogP contribution is 2.66. The Morgan fingerprint density at radius 1 is 1.00 bits per heavy atom. The number of carbonyl (C=O) groups is 1. The number of likely N-dealkylation sites (tertiary alicyclic amines) is 1. The molecule has 29 heavy (non-hydrogen) atoms. The first-order valence-corrected chi connectivity index (χ1v) is 12.0. The third-order valence-corrected chi connectivity index (χ3v) is 9.75. The Kier molecular flexibility index (Phi) is 3.87. The van der Waals surface area contributed by atoms with E-state index >= 15 is 0 Å². The summed E-state index contributed by atoms with van der Waals surface area (Å²) in [6.45, 7) is 7.57. The Hall–Kier alpha value is -1.35. The number of nitrogens with zero attached hydrogens (tertiary/aromatic N) is 1. The second-order valence-electron chi connectivity index (χ2n) is 11.6. The number of nitrogens with one attached hydrogen (secondary N) is 1. The van der Waals surface area contributed by atoms with E-state index in [1.165, 1.54) is 48.9 Å². The Morgan fingerprint density at radius 2 is 1.69 bits per heavy atom. The fourth-order valence-corrected chi connectivity index (χ4v) is 8.30. The second-order valence-corrected chi connectivity index (χ2v) is 11.6. The number of carbonyl (C=O) groups excluding carboxylic acids is 1. The van der Waals surface area contributed by atoms with E-state index in [1.54, 1.807) is 0 Å². The van der Waals surface area contributed by atoms with Crippen LogP contribution in [0.3, 0.4) is 0 Å². The van der Waals surface area contributed by atoms with Crippen molar-refractivity contribution in [3.63, 3.8) is 0 Å². The molecule has 2 unspecified atom stereocenters. The predicted octanol–water partition coefficient (Wildman–Crippen LogP) is 4.50. The molecule has 1 aromatic carbocycles. The lowest BCUT2D eigenvalue weighted by molar-refractivity contribution is -0.162. The highest BCUT2D eigenvalue weighted by atomic mass is 16.2. The third kappa shape index (κ3) is 2.69. The van der Waals surface area contributed by atoms with Crippen LogP contribution in [0, 0.1) is 31.1 Å². The van der Waals surface area contributed by atoms with E-state index in [2.05, 4.69) is 42.3 Å². The minimum atomic E-state index is -0.0690. The topological polar surface area (TPSA) is 32.3 Å². The number of hydrogen-bond acceptors (Lipinski definition) is 2. The number of hydrogen-bond donors (Lipinski definition) is 1. The number of rotatable bonds is 2. The fourth-order valence-electron chi connectivity index (χ4n) is 8.30. The van der Waals surface area contributed by atoms with E-state index in [9.17, 15) is 4.79 Å². The maximum absolute atomic E-state index is 14.0. The molecule has 1 amide bonds. The minimum Gasteiger partial charge on any atom is -0.342 e. The molecule has 0 radical (unpaired) electrons. The van der Waals surface area contributed by atoms with Crippen molar-refractivity contribution < 1.29 is 4.79 Å². The standard InChI is InChI=1S/C26H36N2O/c1-18-3-4-22(11-19(18)2)24-13-20-12-21(14-24)16-25(15-20,17-24)23(29)28-9-6-26(7-10-28)5-8-27-26/h3-4,11,20-21,27H,5-10,12-17H2,1-2H3. The summed E-state index contributed by atoms with van der Waals surface area (Å²) < 4.78 is 0.